The van der Waals surface area contributed by atoms with Gasteiger partial charge < -0.3 is 5.73 Å². The number of nitrogens with zero attached hydrogens (tertiary/aromatic N) is 1. The number of carbonyl (C=O) groups excluding carboxylic acids is 1. The first-order valence-corrected chi connectivity index (χ1v) is 6.22. The monoisotopic (exact) mass is 365 g/mol. The van der Waals surface area contributed by atoms with E-state index in [-0.39, 0.29) is 17.4 Å². The van der Waals surface area contributed by atoms with Gasteiger partial charge in [0.2, 0.25) is 5.91 Å². The van der Waals surface area contributed by atoms with E-state index in [9.17, 15) is 4.79 Å². The summed E-state index contributed by atoms with van der Waals surface area (Å²) in [6.07, 6.45) is 0.152. The maximum absolute atomic E-state index is 11.6. The predicted octanol–water partition coefficient (Wildman–Crippen LogP) is 1.70. The molecule has 0 saturated heterocycles. The highest BCUT2D eigenvalue weighted by Crippen LogP contribution is 2.24. The van der Waals surface area contributed by atoms with Gasteiger partial charge in [0.05, 0.1) is 6.42 Å². The van der Waals surface area contributed by atoms with Crippen molar-refractivity contribution >= 4 is 55.1 Å². The molecule has 1 aromatic rings. The molecule has 1 rings (SSSR count). The van der Waals surface area contributed by atoms with E-state index >= 15 is 0 Å². The molecule has 0 aliphatic heterocycles. The van der Waals surface area contributed by atoms with E-state index in [2.05, 4.69) is 44.1 Å². The molecule has 0 fully saturated rings. The average Bonchev–Trinajstić information content (AvgIpc) is 2.22. The van der Waals surface area contributed by atoms with E-state index in [4.69, 9.17) is 11.6 Å². The second-order valence-corrected chi connectivity index (χ2v) is 5.15. The third kappa shape index (κ3) is 3.51. The predicted molar refractivity (Wildman–Crippen MR) is 73.4 cm³/mol. The third-order valence-electron chi connectivity index (χ3n) is 1.85. The van der Waals surface area contributed by atoms with Gasteiger partial charge in [0.15, 0.2) is 5.11 Å². The van der Waals surface area contributed by atoms with Crippen LogP contribution in [0.2, 0.25) is 0 Å². The van der Waals surface area contributed by atoms with Crippen molar-refractivity contribution in [3.63, 3.8) is 0 Å². The fraction of sp³-hybridized carbons (Fsp3) is 0.111. The summed E-state index contributed by atoms with van der Waals surface area (Å²) >= 11 is 11.3. The topological polar surface area (TPSA) is 72.3 Å². The molecule has 0 unspecified atom stereocenters. The first-order valence-electron chi connectivity index (χ1n) is 4.23. The summed E-state index contributed by atoms with van der Waals surface area (Å²) in [4.78, 5) is 11.6. The number of rotatable bonds is 2. The van der Waals surface area contributed by atoms with Crippen molar-refractivity contribution in [3.8, 4) is 0 Å². The third-order valence-corrected chi connectivity index (χ3v) is 3.92. The fourth-order valence-electron chi connectivity index (χ4n) is 1.03. The van der Waals surface area contributed by atoms with Crippen molar-refractivity contribution in [2.24, 2.45) is 11.6 Å². The summed E-state index contributed by atoms with van der Waals surface area (Å²) in [5.41, 5.74) is 6.07. The molecule has 4 nitrogen and oxygen atoms in total. The number of hydrogen-bond donors (Lipinski definition) is 2. The van der Waals surface area contributed by atoms with E-state index in [0.717, 1.165) is 19.5 Å². The normalized spacial score (nSPS) is 9.94. The van der Waals surface area contributed by atoms with Gasteiger partial charge in [-0.2, -0.15) is 0 Å². The summed E-state index contributed by atoms with van der Waals surface area (Å²) in [6.45, 7) is 0. The Morgan fingerprint density at radius 3 is 2.50 bits per heavy atom. The van der Waals surface area contributed by atoms with Crippen LogP contribution in [0.25, 0.3) is 0 Å². The van der Waals surface area contributed by atoms with Crippen molar-refractivity contribution in [1.29, 1.82) is 0 Å². The SMILES string of the molecule is NC(=S)N(N)C(=O)Cc1ccc(Br)c(Br)c1. The smallest absolute Gasteiger partial charge is 0.247 e. The van der Waals surface area contributed by atoms with Crippen LogP contribution in [0.3, 0.4) is 0 Å². The highest BCUT2D eigenvalue weighted by Gasteiger charge is 2.12. The number of carbonyl (C=O) groups is 1. The molecule has 0 aliphatic rings. The van der Waals surface area contributed by atoms with Gasteiger partial charge in [-0.25, -0.2) is 10.9 Å². The Hall–Kier alpha value is -0.500. The van der Waals surface area contributed by atoms with Crippen molar-refractivity contribution in [3.05, 3.63) is 32.7 Å². The largest absolute Gasteiger partial charge is 0.375 e. The van der Waals surface area contributed by atoms with Gasteiger partial charge in [-0.15, -0.1) is 0 Å². The molecule has 0 heterocycles. The van der Waals surface area contributed by atoms with Crippen molar-refractivity contribution in [2.75, 3.05) is 0 Å². The number of hydrazine groups is 1. The van der Waals surface area contributed by atoms with Gasteiger partial charge in [0, 0.05) is 8.95 Å². The Bertz CT molecular complexity index is 439. The van der Waals surface area contributed by atoms with Gasteiger partial charge in [-0.3, -0.25) is 4.79 Å². The van der Waals surface area contributed by atoms with Crippen molar-refractivity contribution in [1.82, 2.24) is 5.01 Å². The number of benzene rings is 1. The van der Waals surface area contributed by atoms with Gasteiger partial charge in [0.1, 0.15) is 0 Å². The van der Waals surface area contributed by atoms with Crippen LogP contribution in [-0.4, -0.2) is 16.0 Å². The molecule has 0 atom stereocenters. The lowest BCUT2D eigenvalue weighted by Gasteiger charge is -2.13. The van der Waals surface area contributed by atoms with Gasteiger partial charge in [-0.1, -0.05) is 6.07 Å². The Balaban J connectivity index is 2.77. The minimum absolute atomic E-state index is 0.138. The molecule has 0 aliphatic carbocycles. The molecule has 1 amide bonds. The molecule has 4 N–H and O–H groups in total. The highest BCUT2D eigenvalue weighted by atomic mass is 79.9. The zero-order chi connectivity index (χ0) is 12.3. The molecule has 7 heteroatoms. The quantitative estimate of drug-likeness (QED) is 0.361. The summed E-state index contributed by atoms with van der Waals surface area (Å²) in [6, 6.07) is 5.49. The molecule has 1 aromatic carbocycles. The molecule has 0 saturated carbocycles. The van der Waals surface area contributed by atoms with Crippen molar-refractivity contribution in [2.45, 2.75) is 6.42 Å². The summed E-state index contributed by atoms with van der Waals surface area (Å²) < 4.78 is 1.79. The maximum atomic E-state index is 11.6. The van der Waals surface area contributed by atoms with E-state index in [1.165, 1.54) is 0 Å². The van der Waals surface area contributed by atoms with Gasteiger partial charge in [-0.05, 0) is 61.8 Å². The Kier molecular flexibility index (Phi) is 4.85. The first kappa shape index (κ1) is 13.6. The van der Waals surface area contributed by atoms with Crippen LogP contribution < -0.4 is 11.6 Å². The van der Waals surface area contributed by atoms with Crippen LogP contribution in [0, 0.1) is 0 Å². The molecular weight excluding hydrogens is 358 g/mol. The second-order valence-electron chi connectivity index (χ2n) is 3.03. The molecule has 0 aromatic heterocycles. The number of nitrogens with two attached hydrogens (primary N) is 2. The highest BCUT2D eigenvalue weighted by molar-refractivity contribution is 9.13. The maximum Gasteiger partial charge on any atom is 0.247 e. The van der Waals surface area contributed by atoms with E-state index in [1.54, 1.807) is 0 Å². The number of amides is 1. The number of hydrogen-bond acceptors (Lipinski definition) is 3. The van der Waals surface area contributed by atoms with Crippen LogP contribution in [0.5, 0.6) is 0 Å². The lowest BCUT2D eigenvalue weighted by atomic mass is 10.1. The lowest BCUT2D eigenvalue weighted by molar-refractivity contribution is -0.126. The minimum atomic E-state index is -0.346. The van der Waals surface area contributed by atoms with E-state index < -0.39 is 0 Å². The molecular formula is C9H9Br2N3OS. The molecule has 0 bridgehead atoms. The van der Waals surface area contributed by atoms with E-state index in [0.29, 0.717) is 0 Å². The molecule has 86 valence electrons. The van der Waals surface area contributed by atoms with Gasteiger partial charge in [0.25, 0.3) is 0 Å². The zero-order valence-corrected chi connectivity index (χ0v) is 12.1. The summed E-state index contributed by atoms with van der Waals surface area (Å²) in [5.74, 6) is 5.03. The Morgan fingerprint density at radius 2 is 2.00 bits per heavy atom. The van der Waals surface area contributed by atoms with Crippen molar-refractivity contribution < 1.29 is 4.79 Å². The van der Waals surface area contributed by atoms with Gasteiger partial charge >= 0.3 is 0 Å². The van der Waals surface area contributed by atoms with Crippen LogP contribution in [0.15, 0.2) is 27.1 Å². The number of halogens is 2. The first-order chi connectivity index (χ1) is 7.41. The molecule has 0 spiro atoms. The summed E-state index contributed by atoms with van der Waals surface area (Å²) in [7, 11) is 0. The van der Waals surface area contributed by atoms with Crippen LogP contribution >= 0.6 is 44.1 Å². The molecule has 0 radical (unpaired) electrons. The second kappa shape index (κ2) is 5.72. The van der Waals surface area contributed by atoms with Crippen LogP contribution in [0.4, 0.5) is 0 Å². The Labute approximate surface area is 115 Å². The summed E-state index contributed by atoms with van der Waals surface area (Å²) in [5, 5.41) is 0.631. The zero-order valence-electron chi connectivity index (χ0n) is 8.11. The standard InChI is InChI=1S/C9H9Br2N3OS/c10-6-2-1-5(3-7(6)11)4-8(15)14(13)9(12)16/h1-3H,4,13H2,(H2,12,16). The average molecular weight is 367 g/mol. The number of thiocarbonyl (C=S) groups is 1. The Morgan fingerprint density at radius 1 is 1.38 bits per heavy atom. The minimum Gasteiger partial charge on any atom is -0.375 e. The van der Waals surface area contributed by atoms with Crippen LogP contribution in [0.1, 0.15) is 5.56 Å². The fourth-order valence-corrected chi connectivity index (χ4v) is 1.81. The lowest BCUT2D eigenvalue weighted by Crippen LogP contribution is -2.46. The molecule has 16 heavy (non-hydrogen) atoms. The van der Waals surface area contributed by atoms with E-state index in [1.807, 2.05) is 18.2 Å². The van der Waals surface area contributed by atoms with Crippen LogP contribution in [-0.2, 0) is 11.2 Å².